The van der Waals surface area contributed by atoms with Crippen molar-refractivity contribution in [2.75, 3.05) is 0 Å². The molecule has 248 valence electrons. The Morgan fingerprint density at radius 2 is 1.15 bits per heavy atom. The van der Waals surface area contributed by atoms with Crippen LogP contribution in [0.1, 0.15) is 22.3 Å². The minimum absolute atomic E-state index is 0.737. The first kappa shape index (κ1) is 29.2. The minimum Gasteiger partial charge on any atom is -0.455 e. The van der Waals surface area contributed by atoms with Crippen molar-refractivity contribution in [2.45, 2.75) is 5.41 Å². The van der Waals surface area contributed by atoms with Crippen molar-refractivity contribution in [3.63, 3.8) is 0 Å². The molecule has 2 aliphatic rings. The van der Waals surface area contributed by atoms with Crippen molar-refractivity contribution in [1.82, 2.24) is 4.57 Å². The summed E-state index contributed by atoms with van der Waals surface area (Å²) < 4.78 is 25.6. The van der Waals surface area contributed by atoms with Gasteiger partial charge in [0.1, 0.15) is 11.2 Å². The van der Waals surface area contributed by atoms with Crippen LogP contribution in [-0.4, -0.2) is 4.57 Å². The average Bonchev–Trinajstić information content (AvgIpc) is 3.78. The van der Waals surface area contributed by atoms with Gasteiger partial charge in [0.15, 0.2) is 7.14 Å². The van der Waals surface area contributed by atoms with Gasteiger partial charge in [-0.15, -0.1) is 0 Å². The van der Waals surface area contributed by atoms with E-state index in [9.17, 15) is 0 Å². The van der Waals surface area contributed by atoms with Crippen LogP contribution < -0.4 is 15.9 Å². The molecule has 53 heavy (non-hydrogen) atoms. The molecule has 4 heterocycles. The largest absolute Gasteiger partial charge is 0.455 e. The van der Waals surface area contributed by atoms with Gasteiger partial charge in [-0.05, 0) is 52.1 Å². The van der Waals surface area contributed by atoms with Crippen LogP contribution >= 0.6 is 7.14 Å². The first-order valence-electron chi connectivity index (χ1n) is 18.1. The molecule has 0 bridgehead atoms. The van der Waals surface area contributed by atoms with E-state index >= 15 is 4.57 Å². The summed E-state index contributed by atoms with van der Waals surface area (Å²) in [6.07, 6.45) is 0. The lowest BCUT2D eigenvalue weighted by Crippen LogP contribution is -2.48. The monoisotopic (exact) mass is 695 g/mol. The number of furan rings is 1. The molecule has 8 aromatic carbocycles. The highest BCUT2D eigenvalue weighted by Gasteiger charge is 2.54. The van der Waals surface area contributed by atoms with E-state index in [-0.39, 0.29) is 0 Å². The normalized spacial score (nSPS) is 18.4. The highest BCUT2D eigenvalue weighted by molar-refractivity contribution is 7.85. The second-order valence-electron chi connectivity index (χ2n) is 14.3. The highest BCUT2D eigenvalue weighted by Crippen LogP contribution is 2.61. The van der Waals surface area contributed by atoms with Gasteiger partial charge in [-0.1, -0.05) is 158 Å². The Hall–Kier alpha value is -6.41. The zero-order valence-electron chi connectivity index (χ0n) is 28.5. The standard InChI is InChI=1S/C49H30NO2P/c51-53(32-14-2-1-3-15-32)45-27-11-7-22-39(45)49(38-21-6-9-25-43(38)50-42-24-8-4-16-34(42)36-19-13-23-41(49)47(36)50)40-29-28-31(30-46(40)53)33-18-12-20-37-35-17-5-10-26-44(35)52-48(33)37/h1-30H. The Kier molecular flexibility index (Phi) is 5.70. The van der Waals surface area contributed by atoms with E-state index < -0.39 is 12.6 Å². The van der Waals surface area contributed by atoms with Crippen LogP contribution in [0.4, 0.5) is 0 Å². The van der Waals surface area contributed by atoms with Gasteiger partial charge in [-0.2, -0.15) is 0 Å². The molecule has 0 N–H and O–H groups in total. The molecule has 0 saturated carbocycles. The maximum absolute atomic E-state index is 16.6. The predicted molar refractivity (Wildman–Crippen MR) is 218 cm³/mol. The van der Waals surface area contributed by atoms with Crippen LogP contribution in [0.5, 0.6) is 0 Å². The van der Waals surface area contributed by atoms with Crippen molar-refractivity contribution in [1.29, 1.82) is 0 Å². The summed E-state index contributed by atoms with van der Waals surface area (Å²) in [7, 11) is -3.41. The van der Waals surface area contributed by atoms with Crippen molar-refractivity contribution in [2.24, 2.45) is 0 Å². The Labute approximate surface area is 305 Å². The van der Waals surface area contributed by atoms with Gasteiger partial charge in [0.05, 0.1) is 22.1 Å². The van der Waals surface area contributed by atoms with Crippen LogP contribution in [0, 0.1) is 0 Å². The number of benzene rings is 8. The number of hydrogen-bond acceptors (Lipinski definition) is 2. The maximum atomic E-state index is 16.6. The molecular weight excluding hydrogens is 666 g/mol. The molecule has 2 unspecified atom stereocenters. The van der Waals surface area contributed by atoms with E-state index in [0.717, 1.165) is 65.8 Å². The molecule has 0 fully saturated rings. The molecule has 0 saturated heterocycles. The molecule has 2 atom stereocenters. The van der Waals surface area contributed by atoms with Crippen LogP contribution in [0.25, 0.3) is 60.6 Å². The van der Waals surface area contributed by atoms with E-state index in [2.05, 4.69) is 144 Å². The highest BCUT2D eigenvalue weighted by atomic mass is 31.2. The van der Waals surface area contributed by atoms with Crippen molar-refractivity contribution >= 4 is 66.8 Å². The topological polar surface area (TPSA) is 35.1 Å². The molecular formula is C49H30NO2P. The third kappa shape index (κ3) is 3.53. The molecule has 1 spiro atoms. The zero-order chi connectivity index (χ0) is 34.9. The summed E-state index contributed by atoms with van der Waals surface area (Å²) in [4.78, 5) is 0. The van der Waals surface area contributed by atoms with Crippen LogP contribution in [0.2, 0.25) is 0 Å². The van der Waals surface area contributed by atoms with Crippen molar-refractivity contribution in [3.05, 3.63) is 204 Å². The third-order valence-corrected chi connectivity index (χ3v) is 15.0. The second kappa shape index (κ2) is 10.3. The summed E-state index contributed by atoms with van der Waals surface area (Å²) in [6, 6.07) is 64.2. The minimum atomic E-state index is -3.41. The number of nitrogens with zero attached hydrogens (tertiary/aromatic N) is 1. The molecule has 3 nitrogen and oxygen atoms in total. The Balaban J connectivity index is 1.27. The number of hydrogen-bond donors (Lipinski definition) is 0. The van der Waals surface area contributed by atoms with E-state index in [1.807, 2.05) is 42.5 Å². The summed E-state index contributed by atoms with van der Waals surface area (Å²) in [5.41, 5.74) is 11.0. The number of rotatable bonds is 2. The van der Waals surface area contributed by atoms with Gasteiger partial charge in [0.25, 0.3) is 0 Å². The van der Waals surface area contributed by atoms with Gasteiger partial charge in [0, 0.05) is 43.0 Å². The summed E-state index contributed by atoms with van der Waals surface area (Å²) in [5.74, 6) is 0. The summed E-state index contributed by atoms with van der Waals surface area (Å²) in [5, 5.41) is 7.19. The van der Waals surface area contributed by atoms with Gasteiger partial charge in [0.2, 0.25) is 0 Å². The summed E-state index contributed by atoms with van der Waals surface area (Å²) in [6.45, 7) is 0. The Morgan fingerprint density at radius 3 is 2.06 bits per heavy atom. The van der Waals surface area contributed by atoms with E-state index in [1.165, 1.54) is 32.9 Å². The number of para-hydroxylation sites is 5. The molecule has 12 rings (SSSR count). The number of aromatic nitrogens is 1. The summed E-state index contributed by atoms with van der Waals surface area (Å²) >= 11 is 0. The van der Waals surface area contributed by atoms with Gasteiger partial charge in [-0.25, -0.2) is 0 Å². The van der Waals surface area contributed by atoms with E-state index in [1.54, 1.807) is 0 Å². The fourth-order valence-corrected chi connectivity index (χ4v) is 13.0. The zero-order valence-corrected chi connectivity index (χ0v) is 29.4. The molecule has 2 aliphatic heterocycles. The molecule has 4 heteroatoms. The predicted octanol–water partition coefficient (Wildman–Crippen LogP) is 11.0. The first-order valence-corrected chi connectivity index (χ1v) is 19.8. The quantitative estimate of drug-likeness (QED) is 0.169. The van der Waals surface area contributed by atoms with E-state index in [0.29, 0.717) is 0 Å². The lowest BCUT2D eigenvalue weighted by atomic mass is 9.62. The van der Waals surface area contributed by atoms with Crippen molar-refractivity contribution in [3.8, 4) is 16.8 Å². The smallest absolute Gasteiger partial charge is 0.171 e. The maximum Gasteiger partial charge on any atom is 0.171 e. The number of fused-ring (bicyclic) bond motifs is 14. The average molecular weight is 696 g/mol. The van der Waals surface area contributed by atoms with Crippen LogP contribution in [0.3, 0.4) is 0 Å². The SMILES string of the molecule is O=P1(c2ccccc2)c2ccccc2C2(c3ccccc3-n3c4ccccc4c4cccc2c43)c2ccc(-c3cccc4c3oc3ccccc34)cc21. The third-order valence-electron chi connectivity index (χ3n) is 11.9. The Morgan fingerprint density at radius 1 is 0.491 bits per heavy atom. The molecule has 2 aromatic heterocycles. The van der Waals surface area contributed by atoms with Crippen LogP contribution in [0.15, 0.2) is 186 Å². The lowest BCUT2D eigenvalue weighted by molar-refractivity contribution is 0.590. The van der Waals surface area contributed by atoms with Gasteiger partial charge >= 0.3 is 0 Å². The fraction of sp³-hybridized carbons (Fsp3) is 0.0204. The lowest BCUT2D eigenvalue weighted by Gasteiger charge is -2.47. The molecule has 0 amide bonds. The molecule has 0 radical (unpaired) electrons. The van der Waals surface area contributed by atoms with E-state index in [4.69, 9.17) is 4.42 Å². The Bertz CT molecular complexity index is 3220. The van der Waals surface area contributed by atoms with Crippen LogP contribution in [-0.2, 0) is 9.98 Å². The van der Waals surface area contributed by atoms with Gasteiger partial charge in [-0.3, -0.25) is 0 Å². The second-order valence-corrected chi connectivity index (χ2v) is 17.0. The fourth-order valence-electron chi connectivity index (χ4n) is 9.79. The molecule has 0 aliphatic carbocycles. The first-order chi connectivity index (χ1) is 26.2. The molecule has 10 aromatic rings. The van der Waals surface area contributed by atoms with Crippen molar-refractivity contribution < 1.29 is 8.98 Å². The van der Waals surface area contributed by atoms with Gasteiger partial charge < -0.3 is 13.5 Å².